The molecule has 4 nitrogen and oxygen atoms in total. The van der Waals surface area contributed by atoms with Gasteiger partial charge in [0.15, 0.2) is 0 Å². The number of rotatable bonds is 3. The van der Waals surface area contributed by atoms with E-state index in [0.29, 0.717) is 6.61 Å². The predicted octanol–water partition coefficient (Wildman–Crippen LogP) is 2.10. The van der Waals surface area contributed by atoms with Gasteiger partial charge in [0.25, 0.3) is 0 Å². The maximum Gasteiger partial charge on any atom is 0.226 e. The van der Waals surface area contributed by atoms with Crippen LogP contribution in [0.2, 0.25) is 0 Å². The fraction of sp³-hybridized carbons (Fsp3) is 0.467. The van der Waals surface area contributed by atoms with E-state index in [9.17, 15) is 4.79 Å². The molecule has 0 saturated carbocycles. The second-order valence-electron chi connectivity index (χ2n) is 4.83. The molecule has 1 aliphatic rings. The molecule has 2 rings (SSSR count). The Kier molecular flexibility index (Phi) is 4.53. The van der Waals surface area contributed by atoms with Gasteiger partial charge in [-0.15, -0.1) is 0 Å². The van der Waals surface area contributed by atoms with Crippen molar-refractivity contribution >= 4 is 5.91 Å². The van der Waals surface area contributed by atoms with Crippen LogP contribution in [0.25, 0.3) is 0 Å². The van der Waals surface area contributed by atoms with Gasteiger partial charge in [0.2, 0.25) is 5.91 Å². The number of ether oxygens (including phenoxy) is 1. The summed E-state index contributed by atoms with van der Waals surface area (Å²) >= 11 is 0. The molecule has 0 unspecified atom stereocenters. The van der Waals surface area contributed by atoms with Crippen LogP contribution in [-0.4, -0.2) is 19.1 Å². The summed E-state index contributed by atoms with van der Waals surface area (Å²) in [5.41, 5.74) is 2.22. The SMILES string of the molecule is Cc1ccc([C@H]2OCCC[C@@H]2C(=O)NCC#N)cc1. The zero-order valence-electron chi connectivity index (χ0n) is 11.1. The summed E-state index contributed by atoms with van der Waals surface area (Å²) in [5, 5.41) is 11.2. The third kappa shape index (κ3) is 3.33. The topological polar surface area (TPSA) is 62.1 Å². The highest BCUT2D eigenvalue weighted by Gasteiger charge is 2.32. The molecule has 0 radical (unpaired) electrons. The van der Waals surface area contributed by atoms with Gasteiger partial charge < -0.3 is 10.1 Å². The maximum absolute atomic E-state index is 12.1. The number of hydrogen-bond acceptors (Lipinski definition) is 3. The average Bonchev–Trinajstić information content (AvgIpc) is 2.45. The summed E-state index contributed by atoms with van der Waals surface area (Å²) in [6, 6.07) is 10.00. The Bertz CT molecular complexity index is 476. The minimum absolute atomic E-state index is 0.0515. The van der Waals surface area contributed by atoms with Crippen molar-refractivity contribution in [1.29, 1.82) is 5.26 Å². The molecular formula is C15H18N2O2. The second-order valence-corrected chi connectivity index (χ2v) is 4.83. The van der Waals surface area contributed by atoms with Crippen molar-refractivity contribution in [2.24, 2.45) is 5.92 Å². The number of carbonyl (C=O) groups excluding carboxylic acids is 1. The molecule has 2 atom stereocenters. The lowest BCUT2D eigenvalue weighted by Crippen LogP contribution is -2.37. The average molecular weight is 258 g/mol. The number of aryl methyl sites for hydroxylation is 1. The van der Waals surface area contributed by atoms with Gasteiger partial charge in [-0.1, -0.05) is 29.8 Å². The summed E-state index contributed by atoms with van der Waals surface area (Å²) < 4.78 is 5.77. The van der Waals surface area contributed by atoms with Crippen molar-refractivity contribution in [3.05, 3.63) is 35.4 Å². The van der Waals surface area contributed by atoms with Crippen molar-refractivity contribution in [1.82, 2.24) is 5.32 Å². The molecule has 0 bridgehead atoms. The normalized spacial score (nSPS) is 22.5. The predicted molar refractivity (Wildman–Crippen MR) is 71.2 cm³/mol. The minimum atomic E-state index is -0.204. The highest BCUT2D eigenvalue weighted by molar-refractivity contribution is 5.79. The van der Waals surface area contributed by atoms with Gasteiger partial charge in [-0.25, -0.2) is 0 Å². The molecule has 1 saturated heterocycles. The van der Waals surface area contributed by atoms with Crippen molar-refractivity contribution in [2.75, 3.05) is 13.2 Å². The third-order valence-electron chi connectivity index (χ3n) is 3.41. The molecule has 1 N–H and O–H groups in total. The molecule has 100 valence electrons. The van der Waals surface area contributed by atoms with E-state index in [2.05, 4.69) is 5.32 Å². The van der Waals surface area contributed by atoms with E-state index >= 15 is 0 Å². The van der Waals surface area contributed by atoms with Gasteiger partial charge in [0.1, 0.15) is 6.54 Å². The first-order chi connectivity index (χ1) is 9.22. The lowest BCUT2D eigenvalue weighted by atomic mass is 9.88. The lowest BCUT2D eigenvalue weighted by Gasteiger charge is -2.31. The van der Waals surface area contributed by atoms with E-state index in [1.165, 1.54) is 5.56 Å². The fourth-order valence-electron chi connectivity index (χ4n) is 2.39. The second kappa shape index (κ2) is 6.35. The van der Waals surface area contributed by atoms with Crippen LogP contribution in [0.1, 0.15) is 30.1 Å². The Hall–Kier alpha value is -1.86. The molecule has 0 aliphatic carbocycles. The molecule has 1 aromatic rings. The number of amides is 1. The van der Waals surface area contributed by atoms with Crippen molar-refractivity contribution in [2.45, 2.75) is 25.9 Å². The largest absolute Gasteiger partial charge is 0.373 e. The zero-order valence-corrected chi connectivity index (χ0v) is 11.1. The number of nitriles is 1. The van der Waals surface area contributed by atoms with Crippen LogP contribution in [0.4, 0.5) is 0 Å². The molecule has 4 heteroatoms. The van der Waals surface area contributed by atoms with Gasteiger partial charge in [0, 0.05) is 6.61 Å². The Morgan fingerprint density at radius 3 is 2.89 bits per heavy atom. The van der Waals surface area contributed by atoms with Crippen LogP contribution >= 0.6 is 0 Å². The third-order valence-corrected chi connectivity index (χ3v) is 3.41. The van der Waals surface area contributed by atoms with Crippen LogP contribution < -0.4 is 5.32 Å². The molecule has 1 amide bonds. The number of hydrogen-bond donors (Lipinski definition) is 1. The summed E-state index contributed by atoms with van der Waals surface area (Å²) in [7, 11) is 0. The van der Waals surface area contributed by atoms with Gasteiger partial charge in [-0.2, -0.15) is 5.26 Å². The highest BCUT2D eigenvalue weighted by atomic mass is 16.5. The van der Waals surface area contributed by atoms with Crippen molar-refractivity contribution in [3.8, 4) is 6.07 Å². The number of carbonyl (C=O) groups is 1. The van der Waals surface area contributed by atoms with E-state index in [4.69, 9.17) is 10.00 Å². The Labute approximate surface area is 113 Å². The molecule has 1 heterocycles. The number of nitrogens with zero attached hydrogens (tertiary/aromatic N) is 1. The molecule has 0 spiro atoms. The van der Waals surface area contributed by atoms with E-state index in [0.717, 1.165) is 18.4 Å². The quantitative estimate of drug-likeness (QED) is 0.844. The van der Waals surface area contributed by atoms with Gasteiger partial charge in [-0.3, -0.25) is 4.79 Å². The van der Waals surface area contributed by atoms with Crippen LogP contribution in [-0.2, 0) is 9.53 Å². The van der Waals surface area contributed by atoms with Crippen LogP contribution in [0.5, 0.6) is 0 Å². The van der Waals surface area contributed by atoms with Crippen LogP contribution in [0.15, 0.2) is 24.3 Å². The Morgan fingerprint density at radius 2 is 2.21 bits per heavy atom. The zero-order chi connectivity index (χ0) is 13.7. The molecule has 0 aromatic heterocycles. The number of nitrogens with one attached hydrogen (secondary N) is 1. The molecule has 1 fully saturated rings. The van der Waals surface area contributed by atoms with Crippen LogP contribution in [0.3, 0.4) is 0 Å². The van der Waals surface area contributed by atoms with E-state index < -0.39 is 0 Å². The standard InChI is InChI=1S/C15H18N2O2/c1-11-4-6-12(7-5-11)14-13(3-2-10-19-14)15(18)17-9-8-16/h4-7,13-14H,2-3,9-10H2,1H3,(H,17,18)/t13-,14+/m0/s1. The first-order valence-corrected chi connectivity index (χ1v) is 6.55. The minimum Gasteiger partial charge on any atom is -0.373 e. The van der Waals surface area contributed by atoms with Crippen molar-refractivity contribution < 1.29 is 9.53 Å². The van der Waals surface area contributed by atoms with E-state index in [1.54, 1.807) is 0 Å². The molecular weight excluding hydrogens is 240 g/mol. The number of benzene rings is 1. The van der Waals surface area contributed by atoms with Gasteiger partial charge >= 0.3 is 0 Å². The summed E-state index contributed by atoms with van der Waals surface area (Å²) in [6.07, 6.45) is 1.48. The first-order valence-electron chi connectivity index (χ1n) is 6.55. The van der Waals surface area contributed by atoms with Crippen LogP contribution in [0, 0.1) is 24.2 Å². The highest BCUT2D eigenvalue weighted by Crippen LogP contribution is 2.33. The fourth-order valence-corrected chi connectivity index (χ4v) is 2.39. The lowest BCUT2D eigenvalue weighted by molar-refractivity contribution is -0.134. The maximum atomic E-state index is 12.1. The molecule has 1 aromatic carbocycles. The Balaban J connectivity index is 2.14. The van der Waals surface area contributed by atoms with E-state index in [1.807, 2.05) is 37.3 Å². The van der Waals surface area contributed by atoms with Gasteiger partial charge in [-0.05, 0) is 25.3 Å². The molecule has 1 aliphatic heterocycles. The Morgan fingerprint density at radius 1 is 1.47 bits per heavy atom. The summed E-state index contributed by atoms with van der Waals surface area (Å²) in [4.78, 5) is 12.1. The smallest absolute Gasteiger partial charge is 0.226 e. The molecule has 19 heavy (non-hydrogen) atoms. The summed E-state index contributed by atoms with van der Waals surface area (Å²) in [5.74, 6) is -0.295. The van der Waals surface area contributed by atoms with E-state index in [-0.39, 0.29) is 24.5 Å². The van der Waals surface area contributed by atoms with Gasteiger partial charge in [0.05, 0.1) is 18.1 Å². The monoisotopic (exact) mass is 258 g/mol. The van der Waals surface area contributed by atoms with Crippen molar-refractivity contribution in [3.63, 3.8) is 0 Å². The summed E-state index contributed by atoms with van der Waals surface area (Å²) in [6.45, 7) is 2.76. The first kappa shape index (κ1) is 13.6.